The normalized spacial score (nSPS) is 25.7. The van der Waals surface area contributed by atoms with E-state index in [0.717, 1.165) is 0 Å². The standard InChI is InChI=1S/C21H21Cl2N3O4/c1-10(27)16-9-14(19(28)24-17-8-12(23)4-6-18(17)30-2)21(26-16)13-7-11(22)3-5-15(13)25-20(21)29/h3-8,10,14,16,26-27H,9H2,1-2H3,(H,24,28)(H,25,29). The number of carbonyl (C=O) groups excluding carboxylic acids is 2. The lowest BCUT2D eigenvalue weighted by molar-refractivity contribution is -0.130. The Kier molecular flexibility index (Phi) is 5.40. The molecular formula is C21H21Cl2N3O4. The van der Waals surface area contributed by atoms with Gasteiger partial charge in [-0.25, -0.2) is 0 Å². The van der Waals surface area contributed by atoms with Crippen molar-refractivity contribution < 1.29 is 19.4 Å². The number of nitrogens with one attached hydrogen (secondary N) is 3. The minimum Gasteiger partial charge on any atom is -0.495 e. The van der Waals surface area contributed by atoms with E-state index < -0.39 is 29.5 Å². The smallest absolute Gasteiger partial charge is 0.250 e. The van der Waals surface area contributed by atoms with Crippen molar-refractivity contribution in [2.45, 2.75) is 31.0 Å². The van der Waals surface area contributed by atoms with Gasteiger partial charge in [0.2, 0.25) is 11.8 Å². The first-order valence-corrected chi connectivity index (χ1v) is 10.2. The number of benzene rings is 2. The second-order valence-electron chi connectivity index (χ2n) is 7.57. The minimum absolute atomic E-state index is 0.256. The minimum atomic E-state index is -1.35. The molecule has 4 unspecified atom stereocenters. The molecule has 2 aromatic rings. The Morgan fingerprint density at radius 1 is 1.27 bits per heavy atom. The predicted molar refractivity (Wildman–Crippen MR) is 115 cm³/mol. The van der Waals surface area contributed by atoms with Gasteiger partial charge in [0, 0.05) is 27.3 Å². The van der Waals surface area contributed by atoms with E-state index in [9.17, 15) is 14.7 Å². The van der Waals surface area contributed by atoms with Crippen LogP contribution in [0, 0.1) is 5.92 Å². The van der Waals surface area contributed by atoms with Crippen LogP contribution in [-0.2, 0) is 15.1 Å². The molecule has 30 heavy (non-hydrogen) atoms. The van der Waals surface area contributed by atoms with Crippen LogP contribution in [0.3, 0.4) is 0 Å². The van der Waals surface area contributed by atoms with Crippen molar-refractivity contribution in [3.05, 3.63) is 52.0 Å². The maximum atomic E-state index is 13.4. The second kappa shape index (κ2) is 7.74. The molecule has 2 aliphatic heterocycles. The molecule has 1 fully saturated rings. The summed E-state index contributed by atoms with van der Waals surface area (Å²) in [5, 5.41) is 20.0. The van der Waals surface area contributed by atoms with E-state index in [4.69, 9.17) is 27.9 Å². The van der Waals surface area contributed by atoms with Gasteiger partial charge >= 0.3 is 0 Å². The van der Waals surface area contributed by atoms with Crippen molar-refractivity contribution in [2.24, 2.45) is 5.92 Å². The summed E-state index contributed by atoms with van der Waals surface area (Å²) in [6, 6.07) is 9.48. The number of methoxy groups -OCH3 is 1. The van der Waals surface area contributed by atoms with Gasteiger partial charge < -0.3 is 20.5 Å². The summed E-state index contributed by atoms with van der Waals surface area (Å²) < 4.78 is 5.31. The van der Waals surface area contributed by atoms with Crippen molar-refractivity contribution in [1.82, 2.24) is 5.32 Å². The molecule has 0 bridgehead atoms. The van der Waals surface area contributed by atoms with Gasteiger partial charge in [-0.3, -0.25) is 14.9 Å². The Balaban J connectivity index is 1.76. The zero-order chi connectivity index (χ0) is 21.6. The average molecular weight is 450 g/mol. The zero-order valence-electron chi connectivity index (χ0n) is 16.3. The van der Waals surface area contributed by atoms with E-state index in [-0.39, 0.29) is 12.3 Å². The molecule has 0 aromatic heterocycles. The average Bonchev–Trinajstić information content (AvgIpc) is 3.23. The molecule has 4 atom stereocenters. The van der Waals surface area contributed by atoms with E-state index in [2.05, 4.69) is 16.0 Å². The van der Waals surface area contributed by atoms with Gasteiger partial charge in [0.1, 0.15) is 11.3 Å². The number of hydrogen-bond donors (Lipinski definition) is 4. The SMILES string of the molecule is COc1ccc(Cl)cc1NC(=O)C1CC(C(C)O)NC12C(=O)Nc1ccc(Cl)cc12. The van der Waals surface area contributed by atoms with Crippen molar-refractivity contribution in [3.8, 4) is 5.75 Å². The first-order chi connectivity index (χ1) is 14.3. The molecule has 7 nitrogen and oxygen atoms in total. The molecule has 2 amide bonds. The molecule has 0 aliphatic carbocycles. The van der Waals surface area contributed by atoms with Crippen LogP contribution in [0.5, 0.6) is 5.75 Å². The molecule has 2 aliphatic rings. The summed E-state index contributed by atoms with van der Waals surface area (Å²) in [5.74, 6) is -1.12. The molecular weight excluding hydrogens is 429 g/mol. The highest BCUT2D eigenvalue weighted by atomic mass is 35.5. The van der Waals surface area contributed by atoms with E-state index in [1.165, 1.54) is 7.11 Å². The summed E-state index contributed by atoms with van der Waals surface area (Å²) in [6.45, 7) is 1.62. The third-order valence-corrected chi connectivity index (χ3v) is 6.23. The van der Waals surface area contributed by atoms with Gasteiger partial charge in [0.25, 0.3) is 0 Å². The molecule has 4 rings (SSSR count). The molecule has 1 spiro atoms. The number of halogens is 2. The Bertz CT molecular complexity index is 1030. The van der Waals surface area contributed by atoms with Crippen LogP contribution >= 0.6 is 23.2 Å². The maximum Gasteiger partial charge on any atom is 0.250 e. The Morgan fingerprint density at radius 2 is 1.97 bits per heavy atom. The Hall–Kier alpha value is -2.32. The van der Waals surface area contributed by atoms with Crippen molar-refractivity contribution in [1.29, 1.82) is 0 Å². The van der Waals surface area contributed by atoms with E-state index >= 15 is 0 Å². The Labute approximate surface area is 183 Å². The molecule has 2 heterocycles. The monoisotopic (exact) mass is 449 g/mol. The first kappa shape index (κ1) is 20.9. The van der Waals surface area contributed by atoms with Gasteiger partial charge in [-0.2, -0.15) is 0 Å². The number of carbonyl (C=O) groups is 2. The first-order valence-electron chi connectivity index (χ1n) is 9.48. The van der Waals surface area contributed by atoms with Crippen LogP contribution in [0.1, 0.15) is 18.9 Å². The number of hydrogen-bond acceptors (Lipinski definition) is 5. The maximum absolute atomic E-state index is 13.4. The lowest BCUT2D eigenvalue weighted by Crippen LogP contribution is -2.53. The molecule has 4 N–H and O–H groups in total. The van der Waals surface area contributed by atoms with E-state index in [0.29, 0.717) is 32.7 Å². The molecule has 0 saturated carbocycles. The van der Waals surface area contributed by atoms with Gasteiger partial charge in [0.15, 0.2) is 0 Å². The lowest BCUT2D eigenvalue weighted by Gasteiger charge is -2.29. The van der Waals surface area contributed by atoms with Crippen molar-refractivity contribution >= 4 is 46.4 Å². The molecule has 2 aromatic carbocycles. The Morgan fingerprint density at radius 3 is 2.67 bits per heavy atom. The van der Waals surface area contributed by atoms with Crippen LogP contribution in [0.2, 0.25) is 10.0 Å². The predicted octanol–water partition coefficient (Wildman–Crippen LogP) is 3.15. The number of fused-ring (bicyclic) bond motifs is 2. The number of amides is 2. The number of rotatable bonds is 4. The lowest BCUT2D eigenvalue weighted by atomic mass is 9.79. The highest BCUT2D eigenvalue weighted by molar-refractivity contribution is 6.31. The number of aliphatic hydroxyl groups is 1. The fraction of sp³-hybridized carbons (Fsp3) is 0.333. The van der Waals surface area contributed by atoms with Crippen LogP contribution in [-0.4, -0.2) is 36.2 Å². The number of aliphatic hydroxyl groups excluding tert-OH is 1. The zero-order valence-corrected chi connectivity index (χ0v) is 17.8. The molecule has 9 heteroatoms. The molecule has 1 saturated heterocycles. The fourth-order valence-electron chi connectivity index (χ4n) is 4.29. The highest BCUT2D eigenvalue weighted by Gasteiger charge is 2.60. The van der Waals surface area contributed by atoms with Crippen molar-refractivity contribution in [2.75, 3.05) is 17.7 Å². The number of anilines is 2. The van der Waals surface area contributed by atoms with Crippen molar-refractivity contribution in [3.63, 3.8) is 0 Å². The molecule has 158 valence electrons. The molecule has 0 radical (unpaired) electrons. The topological polar surface area (TPSA) is 99.7 Å². The third kappa shape index (κ3) is 3.32. The highest BCUT2D eigenvalue weighted by Crippen LogP contribution is 2.48. The summed E-state index contributed by atoms with van der Waals surface area (Å²) in [5.41, 5.74) is 0.218. The van der Waals surface area contributed by atoms with E-state index in [1.54, 1.807) is 43.3 Å². The summed E-state index contributed by atoms with van der Waals surface area (Å²) in [7, 11) is 1.49. The van der Waals surface area contributed by atoms with Gasteiger partial charge in [-0.15, -0.1) is 0 Å². The second-order valence-corrected chi connectivity index (χ2v) is 8.44. The third-order valence-electron chi connectivity index (χ3n) is 5.76. The van der Waals surface area contributed by atoms with Crippen LogP contribution in [0.4, 0.5) is 11.4 Å². The van der Waals surface area contributed by atoms with Gasteiger partial charge in [0.05, 0.1) is 24.8 Å². The van der Waals surface area contributed by atoms with Crippen LogP contribution in [0.25, 0.3) is 0 Å². The fourth-order valence-corrected chi connectivity index (χ4v) is 4.63. The number of ether oxygens (including phenoxy) is 1. The summed E-state index contributed by atoms with van der Waals surface area (Å²) in [6.07, 6.45) is -0.511. The van der Waals surface area contributed by atoms with Crippen LogP contribution < -0.4 is 20.7 Å². The quantitative estimate of drug-likeness (QED) is 0.574. The summed E-state index contributed by atoms with van der Waals surface area (Å²) in [4.78, 5) is 26.6. The largest absolute Gasteiger partial charge is 0.495 e. The van der Waals surface area contributed by atoms with E-state index in [1.807, 2.05) is 0 Å². The summed E-state index contributed by atoms with van der Waals surface area (Å²) >= 11 is 12.3. The van der Waals surface area contributed by atoms with Gasteiger partial charge in [-0.1, -0.05) is 23.2 Å². The van der Waals surface area contributed by atoms with Crippen LogP contribution in [0.15, 0.2) is 36.4 Å². The van der Waals surface area contributed by atoms with Gasteiger partial charge in [-0.05, 0) is 49.7 Å².